The lowest BCUT2D eigenvalue weighted by Crippen LogP contribution is -2.48. The highest BCUT2D eigenvalue weighted by atomic mass is 35.5. The van der Waals surface area contributed by atoms with Crippen LogP contribution in [0.3, 0.4) is 0 Å². The Morgan fingerprint density at radius 2 is 2.18 bits per heavy atom. The lowest BCUT2D eigenvalue weighted by Gasteiger charge is -2.31. The molecule has 1 saturated carbocycles. The molecule has 2 fully saturated rings. The third-order valence-electron chi connectivity index (χ3n) is 4.31. The second kappa shape index (κ2) is 7.29. The number of hydrogen-bond donors (Lipinski definition) is 2. The van der Waals surface area contributed by atoms with Crippen molar-refractivity contribution < 1.29 is 13.9 Å². The molecule has 1 saturated heterocycles. The summed E-state index contributed by atoms with van der Waals surface area (Å²) in [5, 5.41) is 6.04. The average molecular weight is 329 g/mol. The molecule has 1 aliphatic carbocycles. The molecule has 1 aliphatic heterocycles. The topological polar surface area (TPSA) is 50.4 Å². The minimum absolute atomic E-state index is 0. The molecule has 0 aromatic heterocycles. The van der Waals surface area contributed by atoms with Crippen LogP contribution in [0.25, 0.3) is 0 Å². The lowest BCUT2D eigenvalue weighted by atomic mass is 9.88. The molecule has 1 atom stereocenters. The Balaban J connectivity index is 0.00000176. The van der Waals surface area contributed by atoms with Crippen molar-refractivity contribution in [1.29, 1.82) is 0 Å². The highest BCUT2D eigenvalue weighted by Gasteiger charge is 2.29. The number of nitrogens with one attached hydrogen (secondary N) is 2. The van der Waals surface area contributed by atoms with E-state index in [2.05, 4.69) is 10.6 Å². The molecule has 3 rings (SSSR count). The molecule has 1 aromatic rings. The summed E-state index contributed by atoms with van der Waals surface area (Å²) >= 11 is 0. The number of carbonyl (C=O) groups is 1. The Morgan fingerprint density at radius 3 is 2.77 bits per heavy atom. The Hall–Kier alpha value is -1.33. The monoisotopic (exact) mass is 328 g/mol. The third kappa shape index (κ3) is 4.11. The third-order valence-corrected chi connectivity index (χ3v) is 4.31. The van der Waals surface area contributed by atoms with Crippen molar-refractivity contribution in [2.24, 2.45) is 17.8 Å². The molecule has 1 aromatic carbocycles. The Kier molecular flexibility index (Phi) is 5.64. The number of carbonyl (C=O) groups excluding carboxylic acids is 1. The van der Waals surface area contributed by atoms with E-state index in [1.165, 1.54) is 25.0 Å². The number of rotatable bonds is 6. The van der Waals surface area contributed by atoms with Gasteiger partial charge in [0.15, 0.2) is 0 Å². The average Bonchev–Trinajstić information content (AvgIpc) is 3.21. The second-order valence-electron chi connectivity index (χ2n) is 6.09. The SMILES string of the molecule is CC(C(=O)Nc1ccc(F)cc1OCC1CC1)C1CNC1.Cl. The van der Waals surface area contributed by atoms with Gasteiger partial charge < -0.3 is 15.4 Å². The van der Waals surface area contributed by atoms with Crippen LogP contribution >= 0.6 is 12.4 Å². The predicted molar refractivity (Wildman–Crippen MR) is 86.0 cm³/mol. The van der Waals surface area contributed by atoms with Gasteiger partial charge in [-0.1, -0.05) is 6.92 Å². The van der Waals surface area contributed by atoms with Crippen LogP contribution in [-0.2, 0) is 4.79 Å². The Morgan fingerprint density at radius 1 is 1.45 bits per heavy atom. The summed E-state index contributed by atoms with van der Waals surface area (Å²) in [4.78, 5) is 12.2. The molecule has 122 valence electrons. The number of halogens is 2. The zero-order chi connectivity index (χ0) is 14.8. The van der Waals surface area contributed by atoms with E-state index in [-0.39, 0.29) is 30.0 Å². The van der Waals surface area contributed by atoms with E-state index in [4.69, 9.17) is 4.74 Å². The Bertz CT molecular complexity index is 533. The van der Waals surface area contributed by atoms with Gasteiger partial charge in [0.1, 0.15) is 11.6 Å². The van der Waals surface area contributed by atoms with E-state index in [0.717, 1.165) is 13.1 Å². The van der Waals surface area contributed by atoms with E-state index < -0.39 is 0 Å². The maximum Gasteiger partial charge on any atom is 0.227 e. The summed E-state index contributed by atoms with van der Waals surface area (Å²) in [5.41, 5.74) is 0.557. The second-order valence-corrected chi connectivity index (χ2v) is 6.09. The zero-order valence-electron chi connectivity index (χ0n) is 12.6. The van der Waals surface area contributed by atoms with Gasteiger partial charge in [-0.25, -0.2) is 4.39 Å². The number of benzene rings is 1. The normalized spacial score (nSPS) is 18.8. The van der Waals surface area contributed by atoms with Gasteiger partial charge in [0.05, 0.1) is 12.3 Å². The van der Waals surface area contributed by atoms with E-state index >= 15 is 0 Å². The van der Waals surface area contributed by atoms with Crippen LogP contribution in [-0.4, -0.2) is 25.6 Å². The fourth-order valence-corrected chi connectivity index (χ4v) is 2.34. The van der Waals surface area contributed by atoms with Crippen LogP contribution in [0.2, 0.25) is 0 Å². The molecule has 6 heteroatoms. The molecule has 1 unspecified atom stereocenters. The van der Waals surface area contributed by atoms with Crippen molar-refractivity contribution in [2.45, 2.75) is 19.8 Å². The fourth-order valence-electron chi connectivity index (χ4n) is 2.34. The van der Waals surface area contributed by atoms with E-state index in [9.17, 15) is 9.18 Å². The van der Waals surface area contributed by atoms with Gasteiger partial charge in [0.25, 0.3) is 0 Å². The molecule has 22 heavy (non-hydrogen) atoms. The molecular formula is C16H22ClFN2O2. The first-order valence-corrected chi connectivity index (χ1v) is 7.57. The summed E-state index contributed by atoms with van der Waals surface area (Å²) < 4.78 is 19.0. The van der Waals surface area contributed by atoms with Crippen LogP contribution in [0.15, 0.2) is 18.2 Å². The number of ether oxygens (including phenoxy) is 1. The summed E-state index contributed by atoms with van der Waals surface area (Å²) in [5.74, 6) is 0.930. The predicted octanol–water partition coefficient (Wildman–Crippen LogP) is 2.83. The summed E-state index contributed by atoms with van der Waals surface area (Å²) in [6.07, 6.45) is 2.34. The van der Waals surface area contributed by atoms with Crippen molar-refractivity contribution in [3.63, 3.8) is 0 Å². The van der Waals surface area contributed by atoms with Gasteiger partial charge in [0.2, 0.25) is 5.91 Å². The van der Waals surface area contributed by atoms with Crippen molar-refractivity contribution in [3.8, 4) is 5.75 Å². The first-order valence-electron chi connectivity index (χ1n) is 7.57. The maximum absolute atomic E-state index is 13.4. The van der Waals surface area contributed by atoms with E-state index in [1.807, 2.05) is 6.92 Å². The highest BCUT2D eigenvalue weighted by Crippen LogP contribution is 2.32. The summed E-state index contributed by atoms with van der Waals surface area (Å²) in [6.45, 7) is 4.27. The molecule has 0 spiro atoms. The molecular weight excluding hydrogens is 307 g/mol. The molecule has 1 heterocycles. The van der Waals surface area contributed by atoms with Gasteiger partial charge in [-0.3, -0.25) is 4.79 Å². The Labute approximate surface area is 136 Å². The van der Waals surface area contributed by atoms with Gasteiger partial charge >= 0.3 is 0 Å². The van der Waals surface area contributed by atoms with Gasteiger partial charge in [-0.2, -0.15) is 0 Å². The largest absolute Gasteiger partial charge is 0.491 e. The van der Waals surface area contributed by atoms with Crippen molar-refractivity contribution in [2.75, 3.05) is 25.0 Å². The molecule has 4 nitrogen and oxygen atoms in total. The van der Waals surface area contributed by atoms with Crippen LogP contribution in [0.5, 0.6) is 5.75 Å². The zero-order valence-corrected chi connectivity index (χ0v) is 13.4. The van der Waals surface area contributed by atoms with E-state index in [0.29, 0.717) is 29.9 Å². The molecule has 0 bridgehead atoms. The minimum Gasteiger partial charge on any atom is -0.491 e. The maximum atomic E-state index is 13.4. The van der Waals surface area contributed by atoms with Crippen LogP contribution in [0, 0.1) is 23.6 Å². The van der Waals surface area contributed by atoms with Crippen LogP contribution < -0.4 is 15.4 Å². The van der Waals surface area contributed by atoms with Crippen molar-refractivity contribution >= 4 is 24.0 Å². The van der Waals surface area contributed by atoms with E-state index in [1.54, 1.807) is 6.07 Å². The lowest BCUT2D eigenvalue weighted by molar-refractivity contribution is -0.121. The summed E-state index contributed by atoms with van der Waals surface area (Å²) in [7, 11) is 0. The van der Waals surface area contributed by atoms with Crippen molar-refractivity contribution in [1.82, 2.24) is 5.32 Å². The molecule has 2 aliphatic rings. The number of hydrogen-bond acceptors (Lipinski definition) is 3. The fraction of sp³-hybridized carbons (Fsp3) is 0.562. The number of amides is 1. The molecule has 0 radical (unpaired) electrons. The standard InChI is InChI=1S/C16H21FN2O2.ClH/c1-10(12-7-18-8-12)16(20)19-14-5-4-13(17)6-15(14)21-9-11-2-3-11;/h4-6,10-12,18H,2-3,7-9H2,1H3,(H,19,20);1H. The van der Waals surface area contributed by atoms with Gasteiger partial charge in [-0.05, 0) is 49.9 Å². The van der Waals surface area contributed by atoms with Crippen molar-refractivity contribution in [3.05, 3.63) is 24.0 Å². The highest BCUT2D eigenvalue weighted by molar-refractivity contribution is 5.94. The van der Waals surface area contributed by atoms with Gasteiger partial charge in [0, 0.05) is 12.0 Å². The van der Waals surface area contributed by atoms with Crippen LogP contribution in [0.1, 0.15) is 19.8 Å². The first-order chi connectivity index (χ1) is 10.1. The molecule has 1 amide bonds. The summed E-state index contributed by atoms with van der Waals surface area (Å²) in [6, 6.07) is 4.25. The molecule has 2 N–H and O–H groups in total. The minimum atomic E-state index is -0.352. The van der Waals surface area contributed by atoms with Crippen LogP contribution in [0.4, 0.5) is 10.1 Å². The smallest absolute Gasteiger partial charge is 0.227 e. The first kappa shape index (κ1) is 17.0. The van der Waals surface area contributed by atoms with Gasteiger partial charge in [-0.15, -0.1) is 12.4 Å². The number of anilines is 1. The quantitative estimate of drug-likeness (QED) is 0.844.